The van der Waals surface area contributed by atoms with Crippen LogP contribution in [0.2, 0.25) is 0 Å². The van der Waals surface area contributed by atoms with Crippen molar-refractivity contribution >= 4 is 29.6 Å². The van der Waals surface area contributed by atoms with Crippen molar-refractivity contribution in [3.8, 4) is 0 Å². The minimum Gasteiger partial charge on any atom is -0.481 e. The molecule has 0 spiro atoms. The second kappa shape index (κ2) is 15.6. The SMILES string of the molecule is CC(=O)O[C@@H](CN(CCN(C)C(C)=O)CC1CC1)[C@@]12CC[C@]3(C)[C@H](CC[C@@H]4[C@@]5(C)CC[C@H](OC(=O)CC(C)(C)C(=O)O)C(C)(C)[C@H]5CC[C@]43C)C1=C(C(C)C)C(=O)C2. The number of carboxylic acids is 1. The number of hydrogen-bond acceptors (Lipinski definition) is 8. The van der Waals surface area contributed by atoms with Gasteiger partial charge in [-0.05, 0) is 135 Å². The third-order valence-corrected chi connectivity index (χ3v) is 17.7. The fourth-order valence-corrected chi connectivity index (χ4v) is 14.0. The minimum atomic E-state index is -1.18. The fourth-order valence-electron chi connectivity index (χ4n) is 14.0. The molecule has 0 aromatic heterocycles. The summed E-state index contributed by atoms with van der Waals surface area (Å²) >= 11 is 0. The lowest BCUT2D eigenvalue weighted by Gasteiger charge is -2.72. The smallest absolute Gasteiger partial charge is 0.309 e. The van der Waals surface area contributed by atoms with Crippen LogP contribution >= 0.6 is 0 Å². The van der Waals surface area contributed by atoms with Gasteiger partial charge in [0.1, 0.15) is 12.2 Å². The number of allylic oxidation sites excluding steroid dienone is 1. The van der Waals surface area contributed by atoms with Crippen molar-refractivity contribution in [3.63, 3.8) is 0 Å². The maximum atomic E-state index is 14.5. The van der Waals surface area contributed by atoms with Gasteiger partial charge in [0.15, 0.2) is 5.78 Å². The molecule has 0 heterocycles. The Morgan fingerprint density at radius 2 is 1.53 bits per heavy atom. The number of esters is 2. The summed E-state index contributed by atoms with van der Waals surface area (Å²) in [6.45, 7) is 25.5. The van der Waals surface area contributed by atoms with E-state index in [1.807, 2.05) is 7.05 Å². The lowest BCUT2D eigenvalue weighted by Crippen LogP contribution is -2.66. The van der Waals surface area contributed by atoms with Gasteiger partial charge in [0.05, 0.1) is 11.8 Å². The van der Waals surface area contributed by atoms with Crippen LogP contribution in [0.25, 0.3) is 0 Å². The summed E-state index contributed by atoms with van der Waals surface area (Å²) in [6.07, 6.45) is 9.51. The molecule has 5 saturated carbocycles. The molecule has 10 nitrogen and oxygen atoms in total. The molecule has 1 amide bonds. The van der Waals surface area contributed by atoms with E-state index in [4.69, 9.17) is 9.47 Å². The van der Waals surface area contributed by atoms with Crippen LogP contribution in [0.3, 0.4) is 0 Å². The van der Waals surface area contributed by atoms with Crippen LogP contribution in [0.15, 0.2) is 11.1 Å². The molecule has 326 valence electrons. The second-order valence-corrected chi connectivity index (χ2v) is 22.3. The van der Waals surface area contributed by atoms with Crippen molar-refractivity contribution in [2.75, 3.05) is 33.2 Å². The zero-order valence-electron chi connectivity index (χ0n) is 38.1. The number of ketones is 1. The van der Waals surface area contributed by atoms with Crippen molar-refractivity contribution in [3.05, 3.63) is 11.1 Å². The van der Waals surface area contributed by atoms with E-state index >= 15 is 0 Å². The Morgan fingerprint density at radius 1 is 0.862 bits per heavy atom. The molecule has 0 unspecified atom stereocenters. The van der Waals surface area contributed by atoms with Crippen LogP contribution in [0, 0.1) is 62.1 Å². The van der Waals surface area contributed by atoms with Crippen LogP contribution < -0.4 is 0 Å². The number of carboxylic acid groups (broad SMARTS) is 1. The number of fused-ring (bicyclic) bond motifs is 7. The quantitative estimate of drug-likeness (QED) is 0.172. The van der Waals surface area contributed by atoms with E-state index in [2.05, 4.69) is 53.4 Å². The lowest BCUT2D eigenvalue weighted by atomic mass is 9.33. The molecular formula is C48H76N2O8. The van der Waals surface area contributed by atoms with Crippen molar-refractivity contribution < 1.29 is 38.6 Å². The van der Waals surface area contributed by atoms with E-state index in [-0.39, 0.29) is 63.7 Å². The first-order chi connectivity index (χ1) is 26.8. The molecule has 58 heavy (non-hydrogen) atoms. The summed E-state index contributed by atoms with van der Waals surface area (Å²) in [7, 11) is 1.84. The van der Waals surface area contributed by atoms with Gasteiger partial charge in [0, 0.05) is 64.3 Å². The number of nitrogens with zero attached hydrogens (tertiary/aromatic N) is 2. The van der Waals surface area contributed by atoms with Crippen molar-refractivity contribution in [1.29, 1.82) is 0 Å². The van der Waals surface area contributed by atoms with Gasteiger partial charge in [-0.1, -0.05) is 48.5 Å². The van der Waals surface area contributed by atoms with Crippen LogP contribution in [0.1, 0.15) is 153 Å². The number of rotatable bonds is 14. The van der Waals surface area contributed by atoms with E-state index in [0.29, 0.717) is 43.8 Å². The van der Waals surface area contributed by atoms with Gasteiger partial charge in [-0.25, -0.2) is 0 Å². The molecule has 0 aliphatic heterocycles. The number of carbonyl (C=O) groups is 5. The maximum Gasteiger partial charge on any atom is 0.309 e. The summed E-state index contributed by atoms with van der Waals surface area (Å²) in [4.78, 5) is 68.9. The van der Waals surface area contributed by atoms with Gasteiger partial charge >= 0.3 is 17.9 Å². The fraction of sp³-hybridized carbons (Fsp3) is 0.854. The van der Waals surface area contributed by atoms with E-state index in [1.165, 1.54) is 25.3 Å². The Hall–Kier alpha value is -2.75. The highest BCUT2D eigenvalue weighted by Gasteiger charge is 2.71. The molecule has 0 aromatic carbocycles. The molecule has 9 atom stereocenters. The zero-order chi connectivity index (χ0) is 43.0. The van der Waals surface area contributed by atoms with Crippen molar-refractivity contribution in [2.24, 2.45) is 62.1 Å². The molecule has 0 radical (unpaired) electrons. The topological polar surface area (TPSA) is 131 Å². The highest BCUT2D eigenvalue weighted by molar-refractivity contribution is 6.01. The molecule has 6 aliphatic carbocycles. The molecule has 6 aliphatic rings. The predicted molar refractivity (Wildman–Crippen MR) is 223 cm³/mol. The number of amides is 1. The Kier molecular flexibility index (Phi) is 12.1. The molecule has 5 fully saturated rings. The largest absolute Gasteiger partial charge is 0.481 e. The number of hydrogen-bond donors (Lipinski definition) is 1. The highest BCUT2D eigenvalue weighted by Crippen LogP contribution is 2.77. The highest BCUT2D eigenvalue weighted by atomic mass is 16.5. The first-order valence-electron chi connectivity index (χ1n) is 22.7. The van der Waals surface area contributed by atoms with Crippen LogP contribution in [-0.4, -0.2) is 89.9 Å². The molecule has 10 heteroatoms. The first-order valence-corrected chi connectivity index (χ1v) is 22.7. The van der Waals surface area contributed by atoms with E-state index in [9.17, 15) is 29.1 Å². The summed E-state index contributed by atoms with van der Waals surface area (Å²) < 4.78 is 12.7. The van der Waals surface area contributed by atoms with E-state index in [1.54, 1.807) is 25.7 Å². The first kappa shape index (κ1) is 44.8. The van der Waals surface area contributed by atoms with Gasteiger partial charge < -0.3 is 19.5 Å². The number of aliphatic carboxylic acids is 1. The summed E-state index contributed by atoms with van der Waals surface area (Å²) in [5, 5.41) is 9.66. The predicted octanol–water partition coefficient (Wildman–Crippen LogP) is 8.50. The zero-order valence-corrected chi connectivity index (χ0v) is 38.1. The lowest BCUT2D eigenvalue weighted by molar-refractivity contribution is -0.235. The summed E-state index contributed by atoms with van der Waals surface area (Å²) in [6, 6.07) is 0. The van der Waals surface area contributed by atoms with Crippen LogP contribution in [-0.2, 0) is 33.4 Å². The van der Waals surface area contributed by atoms with Crippen molar-refractivity contribution in [1.82, 2.24) is 9.80 Å². The Balaban J connectivity index is 1.32. The third kappa shape index (κ3) is 7.61. The Labute approximate surface area is 349 Å². The molecule has 1 N–H and O–H groups in total. The molecule has 6 rings (SSSR count). The molecule has 0 saturated heterocycles. The average molecular weight is 809 g/mol. The van der Waals surface area contributed by atoms with E-state index < -0.39 is 28.9 Å². The number of likely N-dealkylation sites (N-methyl/N-ethyl adjacent to an activating group) is 1. The number of Topliss-reactive ketones (excluding diaryl/α,β-unsaturated/α-hetero) is 1. The van der Waals surface area contributed by atoms with Gasteiger partial charge in [0.2, 0.25) is 5.91 Å². The third-order valence-electron chi connectivity index (χ3n) is 17.7. The Morgan fingerprint density at radius 3 is 2.12 bits per heavy atom. The second-order valence-electron chi connectivity index (χ2n) is 22.3. The van der Waals surface area contributed by atoms with Gasteiger partial charge in [-0.2, -0.15) is 0 Å². The number of carbonyl (C=O) groups excluding carboxylic acids is 4. The van der Waals surface area contributed by atoms with Crippen molar-refractivity contribution in [2.45, 2.75) is 165 Å². The maximum absolute atomic E-state index is 14.5. The molecule has 0 aromatic rings. The normalized spacial score (nSPS) is 36.1. The monoisotopic (exact) mass is 809 g/mol. The molecular weight excluding hydrogens is 733 g/mol. The standard InChI is InChI=1S/C48H76N2O8/c1-29(2)40-34(53)25-48(38(57-31(4)52)28-50(27-32-13-14-32)24-23-49(12)30(3)51)22-21-46(10)33(41(40)48)15-16-36-45(9)19-18-37(58-39(54)26-43(5,6)42(55)56)44(7,8)35(45)17-20-47(36,46)11/h29,32-33,35-38H,13-28H2,1-12H3,(H,55,56)/t33-,35-,36-,37+,38+,45+,46-,47-,48+/m1/s1. The summed E-state index contributed by atoms with van der Waals surface area (Å²) in [5.74, 6) is 0.190. The van der Waals surface area contributed by atoms with E-state index in [0.717, 1.165) is 63.5 Å². The average Bonchev–Trinajstić information content (AvgIpc) is 3.87. The summed E-state index contributed by atoms with van der Waals surface area (Å²) in [5.41, 5.74) is 0.239. The number of ether oxygens (including phenoxy) is 2. The molecule has 0 bridgehead atoms. The minimum absolute atomic E-state index is 0.00533. The Bertz CT molecular complexity index is 1690. The van der Waals surface area contributed by atoms with Crippen LogP contribution in [0.5, 0.6) is 0 Å². The van der Waals surface area contributed by atoms with Gasteiger partial charge in [-0.15, -0.1) is 0 Å². The van der Waals surface area contributed by atoms with Gasteiger partial charge in [0.25, 0.3) is 0 Å². The van der Waals surface area contributed by atoms with Crippen LogP contribution in [0.4, 0.5) is 0 Å². The van der Waals surface area contributed by atoms with Gasteiger partial charge in [-0.3, -0.25) is 28.9 Å².